The Hall–Kier alpha value is 0.430. The van der Waals surface area contributed by atoms with E-state index in [2.05, 4.69) is 23.9 Å². The molecule has 0 amide bonds. The van der Waals surface area contributed by atoms with Gasteiger partial charge in [-0.1, -0.05) is 38.1 Å². The summed E-state index contributed by atoms with van der Waals surface area (Å²) >= 11 is 7.36. The van der Waals surface area contributed by atoms with Crippen molar-refractivity contribution >= 4 is 35.1 Å². The maximum absolute atomic E-state index is 5.90. The summed E-state index contributed by atoms with van der Waals surface area (Å²) < 4.78 is 5.90. The molecule has 0 aromatic heterocycles. The van der Waals surface area contributed by atoms with Gasteiger partial charge in [0, 0.05) is 5.25 Å². The number of nitrogens with zero attached hydrogens (tertiary/aromatic N) is 1. The number of nitrogens with one attached hydrogen (secondary N) is 1. The molecule has 1 fully saturated rings. The molecule has 106 valence electrons. The molecule has 0 spiro atoms. The van der Waals surface area contributed by atoms with E-state index in [1.165, 1.54) is 25.7 Å². The lowest BCUT2D eigenvalue weighted by Crippen LogP contribution is -2.14. The Balaban J connectivity index is 2.51. The summed E-state index contributed by atoms with van der Waals surface area (Å²) in [4.78, 5) is 4.55. The van der Waals surface area contributed by atoms with E-state index in [4.69, 9.17) is 16.3 Å². The van der Waals surface area contributed by atoms with Gasteiger partial charge in [0.15, 0.2) is 0 Å². The molecule has 1 aliphatic carbocycles. The molecule has 3 nitrogen and oxygen atoms in total. The highest BCUT2D eigenvalue weighted by Crippen LogP contribution is 2.58. The van der Waals surface area contributed by atoms with Crippen LogP contribution in [0.4, 0.5) is 0 Å². The van der Waals surface area contributed by atoms with E-state index in [1.54, 1.807) is 17.7 Å². The molecular formula is C12H25N2OPS2. The molecule has 0 heterocycles. The Morgan fingerprint density at radius 1 is 1.33 bits per heavy atom. The van der Waals surface area contributed by atoms with Gasteiger partial charge in [-0.3, -0.25) is 4.99 Å². The topological polar surface area (TPSA) is 33.6 Å². The van der Waals surface area contributed by atoms with E-state index in [9.17, 15) is 0 Å². The van der Waals surface area contributed by atoms with Crippen molar-refractivity contribution in [2.75, 3.05) is 0 Å². The summed E-state index contributed by atoms with van der Waals surface area (Å²) in [6.07, 6.45) is 6.98. The molecule has 1 N–H and O–H groups in total. The number of rotatable bonds is 7. The van der Waals surface area contributed by atoms with E-state index >= 15 is 0 Å². The number of hydrogen-bond donors (Lipinski definition) is 1. The maximum atomic E-state index is 5.90. The monoisotopic (exact) mass is 308 g/mol. The van der Waals surface area contributed by atoms with Crippen LogP contribution in [-0.4, -0.2) is 23.7 Å². The van der Waals surface area contributed by atoms with Crippen molar-refractivity contribution in [1.82, 2.24) is 5.09 Å². The van der Waals surface area contributed by atoms with Gasteiger partial charge in [-0.25, -0.2) is 0 Å². The minimum atomic E-state index is -2.04. The molecular weight excluding hydrogens is 283 g/mol. The zero-order valence-corrected chi connectivity index (χ0v) is 14.3. The number of hydrogen-bond acceptors (Lipinski definition) is 4. The van der Waals surface area contributed by atoms with Crippen molar-refractivity contribution in [3.05, 3.63) is 0 Å². The first kappa shape index (κ1) is 16.5. The fraction of sp³-hybridized carbons (Fsp3) is 0.917. The third kappa shape index (κ3) is 6.55. The Labute approximate surface area is 120 Å². The molecule has 1 saturated carbocycles. The molecule has 0 aromatic rings. The van der Waals surface area contributed by atoms with E-state index in [0.717, 1.165) is 0 Å². The molecule has 0 radical (unpaired) electrons. The molecule has 0 aliphatic heterocycles. The maximum Gasteiger partial charge on any atom is 0.211 e. The molecule has 1 atom stereocenters. The summed E-state index contributed by atoms with van der Waals surface area (Å²) in [5.41, 5.74) is -2.04. The molecule has 1 unspecified atom stereocenters. The van der Waals surface area contributed by atoms with Crippen LogP contribution in [0.15, 0.2) is 4.99 Å². The van der Waals surface area contributed by atoms with Crippen LogP contribution in [0.2, 0.25) is 0 Å². The van der Waals surface area contributed by atoms with Crippen LogP contribution in [0.25, 0.3) is 0 Å². The SMILES string of the molecule is CC(C)OP(=S)(NC=NC1CCCC1)SC(C)C. The van der Waals surface area contributed by atoms with Crippen molar-refractivity contribution in [3.63, 3.8) is 0 Å². The van der Waals surface area contributed by atoms with E-state index < -0.39 is 5.62 Å². The van der Waals surface area contributed by atoms with Crippen molar-refractivity contribution < 1.29 is 4.52 Å². The second-order valence-electron chi connectivity index (χ2n) is 5.15. The second kappa shape index (κ2) is 7.88. The van der Waals surface area contributed by atoms with Crippen LogP contribution in [0.3, 0.4) is 0 Å². The second-order valence-corrected chi connectivity index (χ2v) is 12.2. The highest BCUT2D eigenvalue weighted by atomic mass is 32.9. The van der Waals surface area contributed by atoms with Gasteiger partial charge in [0.2, 0.25) is 5.62 Å². The van der Waals surface area contributed by atoms with Crippen molar-refractivity contribution in [3.8, 4) is 0 Å². The van der Waals surface area contributed by atoms with Crippen LogP contribution in [0, 0.1) is 0 Å². The summed E-state index contributed by atoms with van der Waals surface area (Å²) in [5.74, 6) is 0. The van der Waals surface area contributed by atoms with Gasteiger partial charge >= 0.3 is 0 Å². The predicted octanol–water partition coefficient (Wildman–Crippen LogP) is 4.34. The summed E-state index contributed by atoms with van der Waals surface area (Å²) in [5, 5.41) is 3.72. The minimum Gasteiger partial charge on any atom is -0.324 e. The molecule has 0 aromatic carbocycles. The zero-order valence-electron chi connectivity index (χ0n) is 11.8. The Morgan fingerprint density at radius 3 is 2.44 bits per heavy atom. The van der Waals surface area contributed by atoms with Crippen LogP contribution >= 0.6 is 17.0 Å². The van der Waals surface area contributed by atoms with Crippen molar-refractivity contribution in [1.29, 1.82) is 0 Å². The van der Waals surface area contributed by atoms with Crippen LogP contribution < -0.4 is 5.09 Å². The summed E-state index contributed by atoms with van der Waals surface area (Å²) in [6.45, 7) is 8.34. The summed E-state index contributed by atoms with van der Waals surface area (Å²) in [6, 6.07) is 0.490. The Bertz CT molecular complexity index is 301. The zero-order chi connectivity index (χ0) is 13.6. The molecule has 0 saturated heterocycles. The lowest BCUT2D eigenvalue weighted by molar-refractivity contribution is 0.274. The lowest BCUT2D eigenvalue weighted by Gasteiger charge is -2.25. The molecule has 6 heteroatoms. The molecule has 0 bridgehead atoms. The summed E-state index contributed by atoms with van der Waals surface area (Å²) in [7, 11) is 0. The molecule has 1 aliphatic rings. The standard InChI is InChI=1S/C12H25N2OPS2/c1-10(2)15-16(17,18-11(3)4)14-9-13-12-7-5-6-8-12/h9-12H,5-8H2,1-4H3,(H,13,14,17). The predicted molar refractivity (Wildman–Crippen MR) is 87.1 cm³/mol. The fourth-order valence-electron chi connectivity index (χ4n) is 1.90. The lowest BCUT2D eigenvalue weighted by atomic mass is 10.3. The first-order chi connectivity index (χ1) is 8.41. The Morgan fingerprint density at radius 2 is 1.94 bits per heavy atom. The quantitative estimate of drug-likeness (QED) is 0.431. The average Bonchev–Trinajstić information content (AvgIpc) is 2.67. The third-order valence-corrected chi connectivity index (χ3v) is 8.38. The van der Waals surface area contributed by atoms with Crippen molar-refractivity contribution in [2.45, 2.75) is 70.8 Å². The Kier molecular flexibility index (Phi) is 7.22. The van der Waals surface area contributed by atoms with E-state index in [0.29, 0.717) is 11.3 Å². The minimum absolute atomic E-state index is 0.148. The normalized spacial score (nSPS) is 21.0. The highest BCUT2D eigenvalue weighted by molar-refractivity contribution is 8.69. The largest absolute Gasteiger partial charge is 0.324 e. The van der Waals surface area contributed by atoms with Crippen LogP contribution in [0.5, 0.6) is 0 Å². The van der Waals surface area contributed by atoms with Gasteiger partial charge in [-0.2, -0.15) is 0 Å². The van der Waals surface area contributed by atoms with Gasteiger partial charge < -0.3 is 9.61 Å². The van der Waals surface area contributed by atoms with E-state index in [1.807, 2.05) is 13.8 Å². The van der Waals surface area contributed by atoms with Gasteiger partial charge in [0.1, 0.15) is 0 Å². The fourth-order valence-corrected chi connectivity index (χ4v) is 8.25. The highest BCUT2D eigenvalue weighted by Gasteiger charge is 2.21. The first-order valence-electron chi connectivity index (χ1n) is 6.67. The molecule has 18 heavy (non-hydrogen) atoms. The average molecular weight is 308 g/mol. The van der Waals surface area contributed by atoms with E-state index in [-0.39, 0.29) is 6.10 Å². The third-order valence-electron chi connectivity index (χ3n) is 2.53. The smallest absolute Gasteiger partial charge is 0.211 e. The van der Waals surface area contributed by atoms with Crippen LogP contribution in [0.1, 0.15) is 53.4 Å². The van der Waals surface area contributed by atoms with Gasteiger partial charge in [0.25, 0.3) is 0 Å². The van der Waals surface area contributed by atoms with Gasteiger partial charge in [-0.05, 0) is 38.5 Å². The number of aliphatic imine (C=N–C) groups is 1. The van der Waals surface area contributed by atoms with Gasteiger partial charge in [-0.15, -0.1) is 0 Å². The van der Waals surface area contributed by atoms with Crippen molar-refractivity contribution in [2.24, 2.45) is 4.99 Å². The van der Waals surface area contributed by atoms with Gasteiger partial charge in [0.05, 0.1) is 18.5 Å². The molecule has 1 rings (SSSR count). The van der Waals surface area contributed by atoms with Crippen LogP contribution in [-0.2, 0) is 16.3 Å². The first-order valence-corrected chi connectivity index (χ1v) is 10.9.